The van der Waals surface area contributed by atoms with Gasteiger partial charge in [0.25, 0.3) is 0 Å². The highest BCUT2D eigenvalue weighted by atomic mass is 16.7. The van der Waals surface area contributed by atoms with Crippen LogP contribution >= 0.6 is 0 Å². The van der Waals surface area contributed by atoms with E-state index in [1.54, 1.807) is 6.20 Å². The molecule has 18 heavy (non-hydrogen) atoms. The Hall–Kier alpha value is -1.20. The number of carbonyl (C=O) groups excluding carboxylic acids is 1. The minimum atomic E-state index is -0.400. The number of hydrogen-bond acceptors (Lipinski definition) is 4. The highest BCUT2D eigenvalue weighted by Gasteiger charge is 2.51. The molecule has 0 unspecified atom stereocenters. The fourth-order valence-electron chi connectivity index (χ4n) is 1.82. The third-order valence-corrected chi connectivity index (χ3v) is 3.66. The summed E-state index contributed by atoms with van der Waals surface area (Å²) in [5.41, 5.74) is 0.926. The van der Waals surface area contributed by atoms with Crippen molar-refractivity contribution in [3.05, 3.63) is 24.0 Å². The normalized spacial score (nSPS) is 21.0. The maximum Gasteiger partial charge on any atom is 0.494 e. The van der Waals surface area contributed by atoms with Crippen LogP contribution in [0.4, 0.5) is 0 Å². The Bertz CT molecular complexity index is 443. The number of hydrogen-bond donors (Lipinski definition) is 0. The van der Waals surface area contributed by atoms with Gasteiger partial charge in [0.2, 0.25) is 0 Å². The second-order valence-electron chi connectivity index (χ2n) is 5.54. The molecule has 0 aromatic carbocycles. The zero-order valence-corrected chi connectivity index (χ0v) is 11.3. The monoisotopic (exact) mass is 247 g/mol. The Morgan fingerprint density at radius 2 is 1.89 bits per heavy atom. The molecule has 1 saturated heterocycles. The van der Waals surface area contributed by atoms with Gasteiger partial charge in [-0.1, -0.05) is 0 Å². The van der Waals surface area contributed by atoms with E-state index in [1.807, 2.05) is 39.8 Å². The molecule has 0 radical (unpaired) electrons. The van der Waals surface area contributed by atoms with E-state index in [9.17, 15) is 4.79 Å². The molecule has 1 aromatic heterocycles. The van der Waals surface area contributed by atoms with Crippen molar-refractivity contribution in [1.29, 1.82) is 0 Å². The number of aldehydes is 1. The molecular weight excluding hydrogens is 229 g/mol. The molecule has 4 nitrogen and oxygen atoms in total. The standard InChI is InChI=1S/C13H18BNO3/c1-12(2)13(3,4)18-14(17-12)10-5-7-15-11(9-10)6-8-16/h5,7-9H,6H2,1-4H3. The molecule has 1 fully saturated rings. The predicted octanol–water partition coefficient (Wildman–Crippen LogP) is 1.12. The van der Waals surface area contributed by atoms with Gasteiger partial charge in [0.1, 0.15) is 6.29 Å². The zero-order chi connectivity index (χ0) is 13.4. The lowest BCUT2D eigenvalue weighted by molar-refractivity contribution is -0.107. The van der Waals surface area contributed by atoms with Gasteiger partial charge in [-0.05, 0) is 45.3 Å². The summed E-state index contributed by atoms with van der Waals surface area (Å²) in [4.78, 5) is 14.6. The Labute approximate surface area is 108 Å². The Balaban J connectivity index is 2.24. The molecule has 0 spiro atoms. The van der Waals surface area contributed by atoms with E-state index in [-0.39, 0.29) is 11.2 Å². The fraction of sp³-hybridized carbons (Fsp3) is 0.538. The van der Waals surface area contributed by atoms with E-state index in [0.29, 0.717) is 6.42 Å². The Morgan fingerprint density at radius 3 is 2.44 bits per heavy atom. The summed E-state index contributed by atoms with van der Waals surface area (Å²) in [7, 11) is -0.400. The van der Waals surface area contributed by atoms with Crippen LogP contribution in [-0.4, -0.2) is 29.6 Å². The van der Waals surface area contributed by atoms with Crippen molar-refractivity contribution in [3.63, 3.8) is 0 Å². The van der Waals surface area contributed by atoms with Gasteiger partial charge in [-0.25, -0.2) is 0 Å². The first kappa shape index (κ1) is 13.2. The summed E-state index contributed by atoms with van der Waals surface area (Å²) in [5, 5.41) is 0. The fourth-order valence-corrected chi connectivity index (χ4v) is 1.82. The molecule has 0 atom stereocenters. The third kappa shape index (κ3) is 2.33. The van der Waals surface area contributed by atoms with Crippen LogP contribution in [0, 0.1) is 0 Å². The first-order valence-electron chi connectivity index (χ1n) is 6.10. The molecular formula is C13H18BNO3. The molecule has 1 aliphatic heterocycles. The van der Waals surface area contributed by atoms with Crippen molar-refractivity contribution in [2.45, 2.75) is 45.3 Å². The van der Waals surface area contributed by atoms with E-state index in [4.69, 9.17) is 9.31 Å². The molecule has 0 saturated carbocycles. The first-order chi connectivity index (χ1) is 8.36. The van der Waals surface area contributed by atoms with Crippen molar-refractivity contribution in [1.82, 2.24) is 4.98 Å². The Kier molecular flexibility index (Phi) is 3.30. The van der Waals surface area contributed by atoms with Gasteiger partial charge in [-0.3, -0.25) is 4.98 Å². The van der Waals surface area contributed by atoms with Crippen molar-refractivity contribution in [3.8, 4) is 0 Å². The van der Waals surface area contributed by atoms with Crippen LogP contribution < -0.4 is 5.46 Å². The molecule has 0 aliphatic carbocycles. The summed E-state index contributed by atoms with van der Waals surface area (Å²) in [6.07, 6.45) is 2.84. The number of nitrogens with zero attached hydrogens (tertiary/aromatic N) is 1. The van der Waals surface area contributed by atoms with Crippen molar-refractivity contribution in [2.24, 2.45) is 0 Å². The van der Waals surface area contributed by atoms with E-state index in [2.05, 4.69) is 4.98 Å². The number of rotatable bonds is 3. The van der Waals surface area contributed by atoms with E-state index in [0.717, 1.165) is 17.4 Å². The van der Waals surface area contributed by atoms with Gasteiger partial charge < -0.3 is 14.1 Å². The van der Waals surface area contributed by atoms with Crippen molar-refractivity contribution < 1.29 is 14.1 Å². The largest absolute Gasteiger partial charge is 0.494 e. The lowest BCUT2D eigenvalue weighted by atomic mass is 9.79. The van der Waals surface area contributed by atoms with E-state index < -0.39 is 7.12 Å². The number of carbonyl (C=O) groups is 1. The summed E-state index contributed by atoms with van der Waals surface area (Å²) >= 11 is 0. The molecule has 5 heteroatoms. The quantitative estimate of drug-likeness (QED) is 0.593. The predicted molar refractivity (Wildman–Crippen MR) is 69.7 cm³/mol. The van der Waals surface area contributed by atoms with Crippen LogP contribution in [0.1, 0.15) is 33.4 Å². The third-order valence-electron chi connectivity index (χ3n) is 3.66. The van der Waals surface area contributed by atoms with Gasteiger partial charge in [0, 0.05) is 18.3 Å². The van der Waals surface area contributed by atoms with Crippen LogP contribution in [0.25, 0.3) is 0 Å². The average Bonchev–Trinajstić information content (AvgIpc) is 2.49. The van der Waals surface area contributed by atoms with Gasteiger partial charge in [0.05, 0.1) is 11.2 Å². The lowest BCUT2D eigenvalue weighted by Gasteiger charge is -2.32. The van der Waals surface area contributed by atoms with Crippen LogP contribution in [0.5, 0.6) is 0 Å². The van der Waals surface area contributed by atoms with E-state index >= 15 is 0 Å². The molecule has 0 bridgehead atoms. The summed E-state index contributed by atoms with van der Waals surface area (Å²) in [6.45, 7) is 8.06. The molecule has 0 amide bonds. The second-order valence-corrected chi connectivity index (χ2v) is 5.54. The van der Waals surface area contributed by atoms with Gasteiger partial charge >= 0.3 is 7.12 Å². The second kappa shape index (κ2) is 4.48. The summed E-state index contributed by atoms with van der Waals surface area (Å²) in [6, 6.07) is 3.72. The molecule has 96 valence electrons. The highest BCUT2D eigenvalue weighted by Crippen LogP contribution is 2.36. The summed E-state index contributed by atoms with van der Waals surface area (Å²) in [5.74, 6) is 0. The maximum atomic E-state index is 10.5. The average molecular weight is 247 g/mol. The minimum Gasteiger partial charge on any atom is -0.399 e. The molecule has 1 aromatic rings. The van der Waals surface area contributed by atoms with Gasteiger partial charge in [-0.15, -0.1) is 0 Å². The zero-order valence-electron chi connectivity index (χ0n) is 11.3. The molecule has 2 heterocycles. The number of pyridine rings is 1. The lowest BCUT2D eigenvalue weighted by Crippen LogP contribution is -2.41. The smallest absolute Gasteiger partial charge is 0.399 e. The maximum absolute atomic E-state index is 10.5. The van der Waals surface area contributed by atoms with Crippen LogP contribution in [0.15, 0.2) is 18.3 Å². The number of aromatic nitrogens is 1. The molecule has 0 N–H and O–H groups in total. The van der Waals surface area contributed by atoms with E-state index in [1.165, 1.54) is 0 Å². The van der Waals surface area contributed by atoms with Gasteiger partial charge in [0.15, 0.2) is 0 Å². The van der Waals surface area contributed by atoms with Crippen LogP contribution in [-0.2, 0) is 20.5 Å². The first-order valence-corrected chi connectivity index (χ1v) is 6.10. The topological polar surface area (TPSA) is 48.4 Å². The molecule has 1 aliphatic rings. The van der Waals surface area contributed by atoms with Gasteiger partial charge in [-0.2, -0.15) is 0 Å². The van der Waals surface area contributed by atoms with Crippen molar-refractivity contribution >= 4 is 18.9 Å². The SMILES string of the molecule is CC1(C)OB(c2ccnc(CC=O)c2)OC1(C)C. The van der Waals surface area contributed by atoms with Crippen LogP contribution in [0.3, 0.4) is 0 Å². The minimum absolute atomic E-state index is 0.313. The highest BCUT2D eigenvalue weighted by molar-refractivity contribution is 6.62. The molecule has 2 rings (SSSR count). The van der Waals surface area contributed by atoms with Crippen molar-refractivity contribution in [2.75, 3.05) is 0 Å². The van der Waals surface area contributed by atoms with Crippen LogP contribution in [0.2, 0.25) is 0 Å². The summed E-state index contributed by atoms with van der Waals surface area (Å²) < 4.78 is 11.9. The Morgan fingerprint density at radius 1 is 1.28 bits per heavy atom.